The standard InChI is InChI=1S/C17H30N2O4/c1-5-22-15(20)13-11-19(16(21)23-17(2,3)4)9-8-14(13)18-10-12-6-7-12/h12-14,18H,5-11H2,1-4H3/t13-,14-/m1/s1. The summed E-state index contributed by atoms with van der Waals surface area (Å²) in [5, 5.41) is 3.50. The fourth-order valence-electron chi connectivity index (χ4n) is 2.82. The predicted octanol–water partition coefficient (Wildman–Crippen LogP) is 2.17. The molecule has 2 aliphatic rings. The molecule has 0 spiro atoms. The third-order valence-electron chi connectivity index (χ3n) is 4.22. The van der Waals surface area contributed by atoms with Gasteiger partial charge in [-0.2, -0.15) is 0 Å². The van der Waals surface area contributed by atoms with Crippen molar-refractivity contribution in [2.45, 2.75) is 58.6 Å². The number of likely N-dealkylation sites (tertiary alicyclic amines) is 1. The molecule has 1 saturated carbocycles. The molecule has 1 aliphatic carbocycles. The zero-order chi connectivity index (χ0) is 17.0. The van der Waals surface area contributed by atoms with Gasteiger partial charge >= 0.3 is 12.1 Å². The highest BCUT2D eigenvalue weighted by Gasteiger charge is 2.38. The molecule has 0 radical (unpaired) electrons. The van der Waals surface area contributed by atoms with Gasteiger partial charge in [0.25, 0.3) is 0 Å². The molecule has 1 heterocycles. The van der Waals surface area contributed by atoms with E-state index in [1.807, 2.05) is 20.8 Å². The maximum atomic E-state index is 12.3. The maximum absolute atomic E-state index is 12.3. The summed E-state index contributed by atoms with van der Waals surface area (Å²) in [7, 11) is 0. The van der Waals surface area contributed by atoms with Gasteiger partial charge in [-0.25, -0.2) is 4.79 Å². The minimum absolute atomic E-state index is 0.0772. The number of ether oxygens (including phenoxy) is 2. The molecule has 1 amide bonds. The Morgan fingerprint density at radius 2 is 1.91 bits per heavy atom. The van der Waals surface area contributed by atoms with Crippen molar-refractivity contribution in [3.05, 3.63) is 0 Å². The highest BCUT2D eigenvalue weighted by Crippen LogP contribution is 2.29. The lowest BCUT2D eigenvalue weighted by Crippen LogP contribution is -2.55. The van der Waals surface area contributed by atoms with Gasteiger partial charge in [0.05, 0.1) is 12.5 Å². The van der Waals surface area contributed by atoms with Crippen molar-refractivity contribution in [3.8, 4) is 0 Å². The second kappa shape index (κ2) is 7.51. The average molecular weight is 326 g/mol. The third kappa shape index (κ3) is 5.68. The lowest BCUT2D eigenvalue weighted by atomic mass is 9.92. The molecule has 0 unspecified atom stereocenters. The minimum atomic E-state index is -0.530. The Morgan fingerprint density at radius 1 is 1.22 bits per heavy atom. The molecule has 0 aromatic rings. The number of hydrogen-bond donors (Lipinski definition) is 1. The quantitative estimate of drug-likeness (QED) is 0.784. The van der Waals surface area contributed by atoms with Crippen LogP contribution in [0.1, 0.15) is 47.0 Å². The molecule has 0 bridgehead atoms. The predicted molar refractivity (Wildman–Crippen MR) is 87.1 cm³/mol. The molecule has 2 atom stereocenters. The smallest absolute Gasteiger partial charge is 0.410 e. The number of nitrogens with zero attached hydrogens (tertiary/aromatic N) is 1. The molecule has 2 rings (SSSR count). The fraction of sp³-hybridized carbons (Fsp3) is 0.882. The van der Waals surface area contributed by atoms with Crippen molar-refractivity contribution < 1.29 is 19.1 Å². The van der Waals surface area contributed by atoms with Gasteiger partial charge in [-0.1, -0.05) is 0 Å². The lowest BCUT2D eigenvalue weighted by Gasteiger charge is -2.38. The van der Waals surface area contributed by atoms with E-state index in [1.165, 1.54) is 12.8 Å². The summed E-state index contributed by atoms with van der Waals surface area (Å²) in [5.74, 6) is 0.200. The van der Waals surface area contributed by atoms with Crippen LogP contribution in [0.3, 0.4) is 0 Å². The molecule has 132 valence electrons. The second-order valence-corrected chi connectivity index (χ2v) is 7.53. The summed E-state index contributed by atoms with van der Waals surface area (Å²) >= 11 is 0. The van der Waals surface area contributed by atoms with Gasteiger partial charge in [0.1, 0.15) is 5.60 Å². The number of carbonyl (C=O) groups is 2. The van der Waals surface area contributed by atoms with Crippen LogP contribution in [-0.4, -0.2) is 54.8 Å². The first-order valence-corrected chi connectivity index (χ1v) is 8.68. The van der Waals surface area contributed by atoms with E-state index < -0.39 is 5.60 Å². The lowest BCUT2D eigenvalue weighted by molar-refractivity contribution is -0.150. The zero-order valence-corrected chi connectivity index (χ0v) is 14.8. The molecule has 0 aromatic carbocycles. The SMILES string of the molecule is CCOC(=O)[C@@H]1CN(C(=O)OC(C)(C)C)CC[C@H]1NCC1CC1. The molecule has 1 aliphatic heterocycles. The Labute approximate surface area is 138 Å². The molecule has 6 heteroatoms. The van der Waals surface area contributed by atoms with Gasteiger partial charge in [-0.05, 0) is 59.4 Å². The summed E-state index contributed by atoms with van der Waals surface area (Å²) in [6.07, 6.45) is 2.93. The molecule has 2 fully saturated rings. The summed E-state index contributed by atoms with van der Waals surface area (Å²) in [5.41, 5.74) is -0.530. The minimum Gasteiger partial charge on any atom is -0.466 e. The number of amides is 1. The van der Waals surface area contributed by atoms with E-state index in [9.17, 15) is 9.59 Å². The number of rotatable bonds is 5. The van der Waals surface area contributed by atoms with Crippen LogP contribution in [0.2, 0.25) is 0 Å². The van der Waals surface area contributed by atoms with E-state index in [-0.39, 0.29) is 24.0 Å². The largest absolute Gasteiger partial charge is 0.466 e. The molecular formula is C17H30N2O4. The van der Waals surface area contributed by atoms with E-state index >= 15 is 0 Å². The number of hydrogen-bond acceptors (Lipinski definition) is 5. The van der Waals surface area contributed by atoms with E-state index in [0.717, 1.165) is 18.9 Å². The normalized spacial score (nSPS) is 25.1. The van der Waals surface area contributed by atoms with Crippen LogP contribution in [0, 0.1) is 11.8 Å². The van der Waals surface area contributed by atoms with Gasteiger partial charge in [0.15, 0.2) is 0 Å². The summed E-state index contributed by atoms with van der Waals surface area (Å²) in [4.78, 5) is 26.2. The highest BCUT2D eigenvalue weighted by atomic mass is 16.6. The highest BCUT2D eigenvalue weighted by molar-refractivity contribution is 5.75. The van der Waals surface area contributed by atoms with Crippen molar-refractivity contribution in [3.63, 3.8) is 0 Å². The van der Waals surface area contributed by atoms with Crippen LogP contribution in [0.5, 0.6) is 0 Å². The molecular weight excluding hydrogens is 296 g/mol. The fourth-order valence-corrected chi connectivity index (χ4v) is 2.82. The molecule has 0 aromatic heterocycles. The Hall–Kier alpha value is -1.30. The molecule has 1 saturated heterocycles. The first-order valence-electron chi connectivity index (χ1n) is 8.68. The summed E-state index contributed by atoms with van der Waals surface area (Å²) in [6, 6.07) is 0.0772. The van der Waals surface area contributed by atoms with Crippen LogP contribution in [0.15, 0.2) is 0 Å². The van der Waals surface area contributed by atoms with Crippen molar-refractivity contribution in [2.24, 2.45) is 11.8 Å². The summed E-state index contributed by atoms with van der Waals surface area (Å²) < 4.78 is 10.6. The van der Waals surface area contributed by atoms with Crippen LogP contribution in [0.25, 0.3) is 0 Å². The number of carbonyl (C=O) groups excluding carboxylic acids is 2. The van der Waals surface area contributed by atoms with Gasteiger partial charge in [-0.15, -0.1) is 0 Å². The van der Waals surface area contributed by atoms with Crippen LogP contribution < -0.4 is 5.32 Å². The van der Waals surface area contributed by atoms with E-state index in [1.54, 1.807) is 11.8 Å². The zero-order valence-electron chi connectivity index (χ0n) is 14.8. The Morgan fingerprint density at radius 3 is 2.48 bits per heavy atom. The molecule has 23 heavy (non-hydrogen) atoms. The van der Waals surface area contributed by atoms with Gasteiger partial charge < -0.3 is 19.7 Å². The Balaban J connectivity index is 1.96. The topological polar surface area (TPSA) is 67.9 Å². The second-order valence-electron chi connectivity index (χ2n) is 7.53. The molecule has 1 N–H and O–H groups in total. The van der Waals surface area contributed by atoms with Gasteiger partial charge in [-0.3, -0.25) is 4.79 Å². The van der Waals surface area contributed by atoms with Crippen molar-refractivity contribution in [1.29, 1.82) is 0 Å². The first-order chi connectivity index (χ1) is 10.8. The monoisotopic (exact) mass is 326 g/mol. The number of piperidine rings is 1. The van der Waals surface area contributed by atoms with E-state index in [0.29, 0.717) is 19.7 Å². The maximum Gasteiger partial charge on any atom is 0.410 e. The Bertz CT molecular complexity index is 429. The van der Waals surface area contributed by atoms with Crippen LogP contribution in [0.4, 0.5) is 4.79 Å². The summed E-state index contributed by atoms with van der Waals surface area (Å²) in [6.45, 7) is 9.61. The van der Waals surface area contributed by atoms with Crippen molar-refractivity contribution >= 4 is 12.1 Å². The number of nitrogens with one attached hydrogen (secondary N) is 1. The van der Waals surface area contributed by atoms with Gasteiger partial charge in [0, 0.05) is 19.1 Å². The molecule has 6 nitrogen and oxygen atoms in total. The van der Waals surface area contributed by atoms with E-state index in [2.05, 4.69) is 5.32 Å². The Kier molecular flexibility index (Phi) is 5.89. The number of esters is 1. The third-order valence-corrected chi connectivity index (χ3v) is 4.22. The average Bonchev–Trinajstić information content (AvgIpc) is 3.27. The first kappa shape index (κ1) is 18.0. The van der Waals surface area contributed by atoms with Gasteiger partial charge in [0.2, 0.25) is 0 Å². The van der Waals surface area contributed by atoms with Crippen molar-refractivity contribution in [1.82, 2.24) is 10.2 Å². The van der Waals surface area contributed by atoms with Crippen molar-refractivity contribution in [2.75, 3.05) is 26.2 Å². The van der Waals surface area contributed by atoms with Crippen LogP contribution >= 0.6 is 0 Å². The van der Waals surface area contributed by atoms with Crippen LogP contribution in [-0.2, 0) is 14.3 Å². The van der Waals surface area contributed by atoms with E-state index in [4.69, 9.17) is 9.47 Å².